The highest BCUT2D eigenvalue weighted by atomic mass is 32.2. The van der Waals surface area contributed by atoms with E-state index in [1.807, 2.05) is 0 Å². The summed E-state index contributed by atoms with van der Waals surface area (Å²) in [5.74, 6) is -0.785. The third-order valence-corrected chi connectivity index (χ3v) is 5.51. The van der Waals surface area contributed by atoms with Crippen LogP contribution in [0.15, 0.2) is 23.1 Å². The van der Waals surface area contributed by atoms with Crippen molar-refractivity contribution in [3.8, 4) is 0 Å². The third-order valence-electron chi connectivity index (χ3n) is 3.51. The SMILES string of the molecule is CCOC(=O)C(C)(CCn1ccc(C)cc1=O)S(C)(=O)=O. The zero-order valence-electron chi connectivity index (χ0n) is 12.8. The second kappa shape index (κ2) is 6.43. The second-order valence-corrected chi connectivity index (χ2v) is 7.65. The fraction of sp³-hybridized carbons (Fsp3) is 0.571. The van der Waals surface area contributed by atoms with Crippen molar-refractivity contribution >= 4 is 15.8 Å². The molecule has 0 aliphatic carbocycles. The summed E-state index contributed by atoms with van der Waals surface area (Å²) in [4.78, 5) is 23.8. The number of aromatic nitrogens is 1. The maximum absolute atomic E-state index is 12.0. The maximum atomic E-state index is 12.0. The second-order valence-electron chi connectivity index (χ2n) is 5.21. The van der Waals surface area contributed by atoms with Gasteiger partial charge in [-0.2, -0.15) is 0 Å². The van der Waals surface area contributed by atoms with E-state index >= 15 is 0 Å². The zero-order chi connectivity index (χ0) is 16.3. The van der Waals surface area contributed by atoms with Gasteiger partial charge in [-0.1, -0.05) is 0 Å². The summed E-state index contributed by atoms with van der Waals surface area (Å²) in [6, 6.07) is 3.21. The highest BCUT2D eigenvalue weighted by molar-refractivity contribution is 7.92. The number of rotatable bonds is 6. The Balaban J connectivity index is 3.04. The molecule has 0 N–H and O–H groups in total. The molecule has 7 heteroatoms. The van der Waals surface area contributed by atoms with Crippen molar-refractivity contribution in [3.63, 3.8) is 0 Å². The number of hydrogen-bond acceptors (Lipinski definition) is 5. The summed E-state index contributed by atoms with van der Waals surface area (Å²) >= 11 is 0. The Kier molecular flexibility index (Phi) is 5.33. The highest BCUT2D eigenvalue weighted by Gasteiger charge is 2.44. The van der Waals surface area contributed by atoms with E-state index in [-0.39, 0.29) is 25.1 Å². The Morgan fingerprint density at radius 2 is 2.05 bits per heavy atom. The molecule has 0 amide bonds. The Labute approximate surface area is 124 Å². The first-order valence-electron chi connectivity index (χ1n) is 6.65. The van der Waals surface area contributed by atoms with Gasteiger partial charge in [0, 0.05) is 25.1 Å². The number of sulfone groups is 1. The van der Waals surface area contributed by atoms with Gasteiger partial charge in [0.15, 0.2) is 14.6 Å². The number of pyridine rings is 1. The molecule has 0 bridgehead atoms. The molecule has 1 aromatic heterocycles. The third kappa shape index (κ3) is 3.93. The number of hydrogen-bond donors (Lipinski definition) is 0. The van der Waals surface area contributed by atoms with Gasteiger partial charge in [-0.15, -0.1) is 0 Å². The lowest BCUT2D eigenvalue weighted by molar-refractivity contribution is -0.146. The minimum Gasteiger partial charge on any atom is -0.465 e. The summed E-state index contributed by atoms with van der Waals surface area (Å²) in [7, 11) is -3.67. The van der Waals surface area contributed by atoms with Crippen LogP contribution in [0.2, 0.25) is 0 Å². The van der Waals surface area contributed by atoms with Crippen LogP contribution < -0.4 is 5.56 Å². The van der Waals surface area contributed by atoms with E-state index in [1.165, 1.54) is 17.6 Å². The van der Waals surface area contributed by atoms with Gasteiger partial charge >= 0.3 is 5.97 Å². The molecule has 1 aromatic rings. The standard InChI is InChI=1S/C14H21NO5S/c1-5-20-13(17)14(3,21(4,18)19)7-9-15-8-6-11(2)10-12(15)16/h6,8,10H,5,7,9H2,1-4H3. The van der Waals surface area contributed by atoms with Crippen LogP contribution in [-0.4, -0.2) is 36.6 Å². The molecule has 0 fully saturated rings. The molecular formula is C14H21NO5S. The molecule has 1 rings (SSSR count). The number of aryl methyl sites for hydroxylation is 2. The quantitative estimate of drug-likeness (QED) is 0.729. The van der Waals surface area contributed by atoms with E-state index in [0.29, 0.717) is 0 Å². The van der Waals surface area contributed by atoms with Crippen LogP contribution in [0.25, 0.3) is 0 Å². The van der Waals surface area contributed by atoms with Gasteiger partial charge in [-0.3, -0.25) is 9.59 Å². The van der Waals surface area contributed by atoms with Crippen LogP contribution >= 0.6 is 0 Å². The lowest BCUT2D eigenvalue weighted by Crippen LogP contribution is -2.45. The molecule has 0 spiro atoms. The smallest absolute Gasteiger partial charge is 0.327 e. The van der Waals surface area contributed by atoms with E-state index in [9.17, 15) is 18.0 Å². The van der Waals surface area contributed by atoms with Gasteiger partial charge in [0.05, 0.1) is 6.61 Å². The largest absolute Gasteiger partial charge is 0.465 e. The van der Waals surface area contributed by atoms with Crippen LogP contribution in [0.1, 0.15) is 25.8 Å². The number of esters is 1. The topological polar surface area (TPSA) is 82.4 Å². The number of carbonyl (C=O) groups is 1. The van der Waals surface area contributed by atoms with Gasteiger partial charge in [-0.25, -0.2) is 8.42 Å². The molecular weight excluding hydrogens is 294 g/mol. The molecule has 21 heavy (non-hydrogen) atoms. The molecule has 0 radical (unpaired) electrons. The minimum atomic E-state index is -3.67. The highest BCUT2D eigenvalue weighted by Crippen LogP contribution is 2.23. The number of nitrogens with zero attached hydrogens (tertiary/aromatic N) is 1. The average Bonchev–Trinajstić information content (AvgIpc) is 2.36. The van der Waals surface area contributed by atoms with Crippen molar-refractivity contribution in [1.82, 2.24) is 4.57 Å². The summed E-state index contributed by atoms with van der Waals surface area (Å²) in [6.45, 7) is 4.98. The molecule has 0 saturated heterocycles. The summed E-state index contributed by atoms with van der Waals surface area (Å²) in [5, 5.41) is 0. The number of ether oxygens (including phenoxy) is 1. The lowest BCUT2D eigenvalue weighted by Gasteiger charge is -2.25. The minimum absolute atomic E-state index is 0.0202. The summed E-state index contributed by atoms with van der Waals surface area (Å²) in [5.41, 5.74) is 0.599. The van der Waals surface area contributed by atoms with Gasteiger partial charge in [0.2, 0.25) is 0 Å². The molecule has 0 aromatic carbocycles. The van der Waals surface area contributed by atoms with Crippen LogP contribution in [0, 0.1) is 6.92 Å². The van der Waals surface area contributed by atoms with Crippen LogP contribution in [0.3, 0.4) is 0 Å². The Morgan fingerprint density at radius 3 is 2.52 bits per heavy atom. The van der Waals surface area contributed by atoms with Crippen molar-refractivity contribution in [3.05, 3.63) is 34.2 Å². The molecule has 0 saturated carbocycles. The fourth-order valence-electron chi connectivity index (χ4n) is 1.85. The van der Waals surface area contributed by atoms with Gasteiger partial charge in [0.1, 0.15) is 0 Å². The molecule has 1 heterocycles. The Hall–Kier alpha value is -1.63. The van der Waals surface area contributed by atoms with Gasteiger partial charge in [0.25, 0.3) is 5.56 Å². The maximum Gasteiger partial charge on any atom is 0.327 e. The first-order valence-corrected chi connectivity index (χ1v) is 8.55. The fourth-order valence-corrected chi connectivity index (χ4v) is 2.67. The van der Waals surface area contributed by atoms with E-state index < -0.39 is 20.6 Å². The first-order chi connectivity index (χ1) is 9.61. The van der Waals surface area contributed by atoms with Crippen molar-refractivity contribution in [2.45, 2.75) is 38.5 Å². The normalized spacial score (nSPS) is 14.5. The van der Waals surface area contributed by atoms with Crippen molar-refractivity contribution < 1.29 is 17.9 Å². The predicted molar refractivity (Wildman–Crippen MR) is 79.9 cm³/mol. The molecule has 6 nitrogen and oxygen atoms in total. The molecule has 0 aliphatic heterocycles. The molecule has 1 atom stereocenters. The van der Waals surface area contributed by atoms with E-state index in [1.54, 1.807) is 26.1 Å². The lowest BCUT2D eigenvalue weighted by atomic mass is 10.1. The molecule has 0 aliphatic rings. The van der Waals surface area contributed by atoms with E-state index in [2.05, 4.69) is 0 Å². The molecule has 118 valence electrons. The average molecular weight is 315 g/mol. The predicted octanol–water partition coefficient (Wildman–Crippen LogP) is 0.913. The van der Waals surface area contributed by atoms with Gasteiger partial charge in [-0.05, 0) is 38.8 Å². The van der Waals surface area contributed by atoms with Crippen LogP contribution in [0.5, 0.6) is 0 Å². The zero-order valence-corrected chi connectivity index (χ0v) is 13.6. The summed E-state index contributed by atoms with van der Waals surface area (Å²) in [6.07, 6.45) is 2.57. The van der Waals surface area contributed by atoms with Crippen molar-refractivity contribution in [2.24, 2.45) is 0 Å². The van der Waals surface area contributed by atoms with Crippen molar-refractivity contribution in [2.75, 3.05) is 12.9 Å². The first kappa shape index (κ1) is 17.4. The Morgan fingerprint density at radius 1 is 1.43 bits per heavy atom. The van der Waals surface area contributed by atoms with E-state index in [0.717, 1.165) is 11.8 Å². The monoisotopic (exact) mass is 315 g/mol. The van der Waals surface area contributed by atoms with Crippen LogP contribution in [0.4, 0.5) is 0 Å². The van der Waals surface area contributed by atoms with Gasteiger partial charge < -0.3 is 9.30 Å². The summed E-state index contributed by atoms with van der Waals surface area (Å²) < 4.78 is 28.5. The Bertz CT molecular complexity index is 677. The van der Waals surface area contributed by atoms with Crippen molar-refractivity contribution in [1.29, 1.82) is 0 Å². The molecule has 1 unspecified atom stereocenters. The van der Waals surface area contributed by atoms with E-state index in [4.69, 9.17) is 4.74 Å². The number of carbonyl (C=O) groups excluding carboxylic acids is 1. The van der Waals surface area contributed by atoms with Crippen LogP contribution in [-0.2, 0) is 25.9 Å².